The van der Waals surface area contributed by atoms with Crippen LogP contribution in [0.15, 0.2) is 4.34 Å². The topological polar surface area (TPSA) is 72.1 Å². The molecule has 0 bridgehead atoms. The molecule has 0 spiro atoms. The van der Waals surface area contributed by atoms with E-state index in [2.05, 4.69) is 10.2 Å². The molecule has 2 heterocycles. The zero-order valence-electron chi connectivity index (χ0n) is 9.59. The summed E-state index contributed by atoms with van der Waals surface area (Å²) >= 11 is 2.75. The maximum atomic E-state index is 12.0. The van der Waals surface area contributed by atoms with Crippen LogP contribution in [0.2, 0.25) is 0 Å². The quantitative estimate of drug-likeness (QED) is 0.846. The number of aromatic nitrogens is 2. The van der Waals surface area contributed by atoms with Crippen molar-refractivity contribution < 1.29 is 4.79 Å². The Morgan fingerprint density at radius 1 is 1.29 bits per heavy atom. The number of amides is 1. The van der Waals surface area contributed by atoms with Gasteiger partial charge in [-0.05, 0) is 12.8 Å². The van der Waals surface area contributed by atoms with Crippen LogP contribution in [0.3, 0.4) is 0 Å². The van der Waals surface area contributed by atoms with E-state index in [4.69, 9.17) is 5.73 Å². The Hall–Kier alpha value is -0.820. The van der Waals surface area contributed by atoms with Gasteiger partial charge in [0.1, 0.15) is 0 Å². The Labute approximate surface area is 109 Å². The van der Waals surface area contributed by atoms with Gasteiger partial charge in [0.2, 0.25) is 11.0 Å². The Balaban J connectivity index is 1.79. The third-order valence-corrected chi connectivity index (χ3v) is 4.57. The average Bonchev–Trinajstić information content (AvgIpc) is 2.58. The van der Waals surface area contributed by atoms with Gasteiger partial charge in [0.25, 0.3) is 0 Å². The van der Waals surface area contributed by atoms with Crippen molar-refractivity contribution in [1.82, 2.24) is 15.1 Å². The van der Waals surface area contributed by atoms with Crippen molar-refractivity contribution in [3.05, 3.63) is 0 Å². The van der Waals surface area contributed by atoms with Crippen molar-refractivity contribution in [2.45, 2.75) is 30.0 Å². The second-order valence-electron chi connectivity index (χ2n) is 3.99. The van der Waals surface area contributed by atoms with Crippen molar-refractivity contribution in [1.29, 1.82) is 0 Å². The number of hydrogen-bond donors (Lipinski definition) is 1. The van der Waals surface area contributed by atoms with Crippen molar-refractivity contribution >= 4 is 34.1 Å². The number of carbonyl (C=O) groups is 1. The number of carbonyl (C=O) groups excluding carboxylic acids is 1. The predicted molar refractivity (Wildman–Crippen MR) is 70.1 cm³/mol. The fourth-order valence-electron chi connectivity index (χ4n) is 1.81. The smallest absolute Gasteiger partial charge is 0.233 e. The van der Waals surface area contributed by atoms with E-state index in [1.165, 1.54) is 35.9 Å². The molecule has 0 saturated carbocycles. The highest BCUT2D eigenvalue weighted by molar-refractivity contribution is 8.01. The monoisotopic (exact) mass is 272 g/mol. The molecule has 94 valence electrons. The summed E-state index contributed by atoms with van der Waals surface area (Å²) in [5.74, 6) is 0.639. The first kappa shape index (κ1) is 12.6. The van der Waals surface area contributed by atoms with Gasteiger partial charge in [0.05, 0.1) is 5.75 Å². The van der Waals surface area contributed by atoms with E-state index in [1.807, 2.05) is 4.90 Å². The van der Waals surface area contributed by atoms with Gasteiger partial charge in [-0.15, -0.1) is 10.2 Å². The fraction of sp³-hybridized carbons (Fsp3) is 0.700. The number of hydrogen-bond acceptors (Lipinski definition) is 6. The number of nitrogen functional groups attached to an aromatic ring is 1. The molecule has 1 aromatic rings. The van der Waals surface area contributed by atoms with E-state index in [0.717, 1.165) is 30.3 Å². The van der Waals surface area contributed by atoms with Gasteiger partial charge < -0.3 is 10.6 Å². The van der Waals surface area contributed by atoms with Crippen LogP contribution < -0.4 is 5.73 Å². The lowest BCUT2D eigenvalue weighted by molar-refractivity contribution is -0.128. The summed E-state index contributed by atoms with van der Waals surface area (Å²) < 4.78 is 0.769. The molecule has 1 aromatic heterocycles. The summed E-state index contributed by atoms with van der Waals surface area (Å²) in [5.41, 5.74) is 5.48. The number of likely N-dealkylation sites (tertiary alicyclic amines) is 1. The molecule has 0 unspecified atom stereocenters. The average molecular weight is 272 g/mol. The minimum Gasteiger partial charge on any atom is -0.374 e. The summed E-state index contributed by atoms with van der Waals surface area (Å²) in [7, 11) is 0. The lowest BCUT2D eigenvalue weighted by Crippen LogP contribution is -2.33. The Kier molecular flexibility index (Phi) is 4.61. The minimum atomic E-state index is 0.200. The number of thioether (sulfide) groups is 1. The van der Waals surface area contributed by atoms with E-state index in [9.17, 15) is 4.79 Å². The maximum absolute atomic E-state index is 12.0. The second-order valence-corrected chi connectivity index (χ2v) is 6.22. The van der Waals surface area contributed by atoms with Gasteiger partial charge in [0, 0.05) is 13.1 Å². The Morgan fingerprint density at radius 2 is 2.00 bits per heavy atom. The van der Waals surface area contributed by atoms with E-state index < -0.39 is 0 Å². The van der Waals surface area contributed by atoms with Gasteiger partial charge in [0.15, 0.2) is 4.34 Å². The highest BCUT2D eigenvalue weighted by Gasteiger charge is 2.16. The first-order valence-electron chi connectivity index (χ1n) is 5.75. The predicted octanol–water partition coefficient (Wildman–Crippen LogP) is 1.61. The third kappa shape index (κ3) is 3.85. The van der Waals surface area contributed by atoms with Crippen LogP contribution in [-0.2, 0) is 4.79 Å². The lowest BCUT2D eigenvalue weighted by Gasteiger charge is -2.19. The van der Waals surface area contributed by atoms with Crippen molar-refractivity contribution in [2.75, 3.05) is 24.6 Å². The number of anilines is 1. The van der Waals surface area contributed by atoms with Crippen LogP contribution >= 0.6 is 23.1 Å². The van der Waals surface area contributed by atoms with Gasteiger partial charge in [-0.25, -0.2) is 0 Å². The fourth-order valence-corrected chi connectivity index (χ4v) is 3.35. The SMILES string of the molecule is Nc1nnc(SCC(=O)N2CCCCCC2)s1. The summed E-state index contributed by atoms with van der Waals surface area (Å²) in [6, 6.07) is 0. The summed E-state index contributed by atoms with van der Waals surface area (Å²) in [6.07, 6.45) is 4.73. The number of nitrogens with two attached hydrogens (primary N) is 1. The van der Waals surface area contributed by atoms with E-state index >= 15 is 0 Å². The molecule has 0 aromatic carbocycles. The standard InChI is InChI=1S/C10H16N4OS2/c11-9-12-13-10(17-9)16-7-8(15)14-5-3-1-2-4-6-14/h1-7H2,(H2,11,12). The molecule has 1 aliphatic heterocycles. The summed E-state index contributed by atoms with van der Waals surface area (Å²) in [4.78, 5) is 13.9. The third-order valence-electron chi connectivity index (χ3n) is 2.70. The Bertz CT molecular complexity index is 374. The molecule has 0 radical (unpaired) electrons. The van der Waals surface area contributed by atoms with Gasteiger partial charge in [-0.1, -0.05) is 35.9 Å². The summed E-state index contributed by atoms with van der Waals surface area (Å²) in [6.45, 7) is 1.80. The molecule has 1 saturated heterocycles. The molecule has 2 rings (SSSR count). The van der Waals surface area contributed by atoms with E-state index in [-0.39, 0.29) is 5.91 Å². The van der Waals surface area contributed by atoms with Crippen LogP contribution in [0.25, 0.3) is 0 Å². The highest BCUT2D eigenvalue weighted by atomic mass is 32.2. The van der Waals surface area contributed by atoms with Gasteiger partial charge >= 0.3 is 0 Å². The molecular weight excluding hydrogens is 256 g/mol. The molecule has 1 fully saturated rings. The molecule has 1 aliphatic rings. The van der Waals surface area contributed by atoms with Crippen LogP contribution in [-0.4, -0.2) is 39.8 Å². The van der Waals surface area contributed by atoms with E-state index in [1.54, 1.807) is 0 Å². The second kappa shape index (κ2) is 6.20. The first-order valence-corrected chi connectivity index (χ1v) is 7.55. The molecule has 5 nitrogen and oxygen atoms in total. The number of rotatable bonds is 3. The zero-order valence-corrected chi connectivity index (χ0v) is 11.2. The summed E-state index contributed by atoms with van der Waals surface area (Å²) in [5, 5.41) is 8.06. The van der Waals surface area contributed by atoms with Crippen LogP contribution in [0, 0.1) is 0 Å². The molecule has 1 amide bonds. The largest absolute Gasteiger partial charge is 0.374 e. The molecule has 17 heavy (non-hydrogen) atoms. The normalized spacial score (nSPS) is 16.8. The molecular formula is C10H16N4OS2. The van der Waals surface area contributed by atoms with Gasteiger partial charge in [-0.2, -0.15) is 0 Å². The van der Waals surface area contributed by atoms with Crippen LogP contribution in [0.1, 0.15) is 25.7 Å². The van der Waals surface area contributed by atoms with Crippen LogP contribution in [0.5, 0.6) is 0 Å². The number of nitrogens with zero attached hydrogens (tertiary/aromatic N) is 3. The minimum absolute atomic E-state index is 0.200. The van der Waals surface area contributed by atoms with Gasteiger partial charge in [-0.3, -0.25) is 4.79 Å². The van der Waals surface area contributed by atoms with Crippen molar-refractivity contribution in [2.24, 2.45) is 0 Å². The highest BCUT2D eigenvalue weighted by Crippen LogP contribution is 2.24. The molecule has 2 N–H and O–H groups in total. The molecule has 0 atom stereocenters. The maximum Gasteiger partial charge on any atom is 0.233 e. The molecule has 7 heteroatoms. The van der Waals surface area contributed by atoms with Crippen molar-refractivity contribution in [3.63, 3.8) is 0 Å². The molecule has 0 aliphatic carbocycles. The van der Waals surface area contributed by atoms with Crippen LogP contribution in [0.4, 0.5) is 5.13 Å². The zero-order chi connectivity index (χ0) is 12.1. The van der Waals surface area contributed by atoms with E-state index in [0.29, 0.717) is 10.9 Å². The first-order chi connectivity index (χ1) is 8.25. The lowest BCUT2D eigenvalue weighted by atomic mass is 10.2. The van der Waals surface area contributed by atoms with Crippen molar-refractivity contribution in [3.8, 4) is 0 Å². The Morgan fingerprint density at radius 3 is 2.59 bits per heavy atom.